The van der Waals surface area contributed by atoms with Gasteiger partial charge in [-0.2, -0.15) is 0 Å². The highest BCUT2D eigenvalue weighted by Gasteiger charge is 2.64. The fourth-order valence-corrected chi connectivity index (χ4v) is 19.6. The summed E-state index contributed by atoms with van der Waals surface area (Å²) in [5, 5.41) is 8.11. The number of hydroxylamine groups is 2. The van der Waals surface area contributed by atoms with Crippen molar-refractivity contribution >= 4 is 130 Å². The van der Waals surface area contributed by atoms with E-state index in [4.69, 9.17) is 64.9 Å². The van der Waals surface area contributed by atoms with Gasteiger partial charge in [-0.3, -0.25) is 38.2 Å². The maximum atomic E-state index is 14.4. The average Bonchev–Trinajstić information content (AvgIpc) is 1.58. The number of aromatic nitrogens is 4. The third kappa shape index (κ3) is 20.6. The van der Waals surface area contributed by atoms with Crippen molar-refractivity contribution < 1.29 is 93.3 Å². The lowest BCUT2D eigenvalue weighted by atomic mass is 10.0. The number of ether oxygens (including phenoxy) is 5. The first-order chi connectivity index (χ1) is 56.0. The van der Waals surface area contributed by atoms with Crippen molar-refractivity contribution in [3.8, 4) is 32.9 Å². The van der Waals surface area contributed by atoms with Gasteiger partial charge in [0.2, 0.25) is 55.4 Å². The molecule has 628 valence electrons. The van der Waals surface area contributed by atoms with Gasteiger partial charge in [0.25, 0.3) is 11.8 Å². The Balaban J connectivity index is 0.000000183. The van der Waals surface area contributed by atoms with Gasteiger partial charge in [0.1, 0.15) is 77.2 Å². The summed E-state index contributed by atoms with van der Waals surface area (Å²) < 4.78 is 83.7. The van der Waals surface area contributed by atoms with Gasteiger partial charge in [-0.25, -0.2) is 51.2 Å². The molecule has 6 heterocycles. The summed E-state index contributed by atoms with van der Waals surface area (Å²) in [6, 6.07) is 17.8. The number of hydrogen-bond donors (Lipinski definition) is 6. The maximum absolute atomic E-state index is 14.4. The molecule has 7 saturated carbocycles. The topological polar surface area (TPSA) is 417 Å². The largest absolute Gasteiger partial charge is 0.528 e. The SMILES string of the molecule is C=C[C@@H]1C[C@]1(NC(=O)[C@@H]1C[C@@H](Oc2nc3ccccc3nc2-c2cccs2)CN1C(=O)[C@@H](NOC(=O)OC1CCCC1)C(C)C)C(=O)NS(=O)(=O)C1CC1.C=C[C@@H]1C[C@]1(NC(=O)[C@@H]1C[C@@H](Oc2nc3ccccc3nc2-c2cccs2)CN1C(=O)[C@@H](NOC(=O)OC1CCCC1)C(C)C)C(=O)NS(=O)(=O)C1CC1.O=C(Cl)OC1CCCC1. The fourth-order valence-electron chi connectivity index (χ4n) is 15.4. The number of amides is 6. The normalized spacial score (nSPS) is 24.2. The van der Waals surface area contributed by atoms with Crippen LogP contribution in [0.15, 0.2) is 109 Å². The number of carbonyl (C=O) groups excluding carboxylic acids is 9. The number of thiophene rings is 2. The van der Waals surface area contributed by atoms with E-state index in [-0.39, 0.29) is 68.8 Å². The molecule has 7 aliphatic carbocycles. The Morgan fingerprint density at radius 1 is 0.496 bits per heavy atom. The molecule has 6 aromatic rings. The van der Waals surface area contributed by atoms with Crippen LogP contribution >= 0.6 is 34.3 Å². The number of fused-ring (bicyclic) bond motifs is 2. The summed E-state index contributed by atoms with van der Waals surface area (Å²) >= 11 is 7.92. The first-order valence-electron chi connectivity index (χ1n) is 39.7. The number of nitrogens with zero attached hydrogens (tertiary/aromatic N) is 6. The molecule has 37 heteroatoms. The Hall–Kier alpha value is -9.46. The van der Waals surface area contributed by atoms with Crippen LogP contribution in [0, 0.1) is 23.7 Å². The number of halogens is 1. The van der Waals surface area contributed by atoms with E-state index in [1.54, 1.807) is 27.7 Å². The van der Waals surface area contributed by atoms with Crippen LogP contribution in [0.4, 0.5) is 14.4 Å². The summed E-state index contributed by atoms with van der Waals surface area (Å²) in [4.78, 5) is 153. The summed E-state index contributed by atoms with van der Waals surface area (Å²) in [6.45, 7) is 14.5. The van der Waals surface area contributed by atoms with Gasteiger partial charge in [0, 0.05) is 36.3 Å². The predicted molar refractivity (Wildman–Crippen MR) is 431 cm³/mol. The number of likely N-dealkylation sites (tertiary alicyclic amines) is 2. The summed E-state index contributed by atoms with van der Waals surface area (Å²) in [5.41, 5.74) is 4.89. The molecule has 6 N–H and O–H groups in total. The summed E-state index contributed by atoms with van der Waals surface area (Å²) in [7, 11) is -7.81. The van der Waals surface area contributed by atoms with E-state index in [1.807, 2.05) is 83.6 Å². The summed E-state index contributed by atoms with van der Waals surface area (Å²) in [6.07, 6.45) is 12.3. The van der Waals surface area contributed by atoms with Gasteiger partial charge < -0.3 is 53.8 Å². The van der Waals surface area contributed by atoms with Crippen LogP contribution in [0.1, 0.15) is 156 Å². The monoisotopic (exact) mass is 1710 g/mol. The van der Waals surface area contributed by atoms with Crippen LogP contribution in [-0.2, 0) is 72.7 Å². The molecule has 0 unspecified atom stereocenters. The second kappa shape index (κ2) is 36.8. The highest BCUT2D eigenvalue weighted by atomic mass is 35.5. The van der Waals surface area contributed by atoms with Crippen molar-refractivity contribution in [2.75, 3.05) is 13.1 Å². The number of para-hydroxylation sites is 4. The molecule has 2 aliphatic heterocycles. The van der Waals surface area contributed by atoms with Crippen LogP contribution in [0.2, 0.25) is 0 Å². The van der Waals surface area contributed by atoms with Crippen molar-refractivity contribution in [3.05, 3.63) is 109 Å². The fraction of sp³-hybridized carbons (Fsp3) is 0.537. The van der Waals surface area contributed by atoms with E-state index in [9.17, 15) is 60.0 Å². The molecule has 4 aromatic heterocycles. The first kappa shape index (κ1) is 85.4. The molecule has 15 rings (SSSR count). The smallest absolute Gasteiger partial charge is 0.471 e. The van der Waals surface area contributed by atoms with Gasteiger partial charge in [-0.05, 0) is 175 Å². The van der Waals surface area contributed by atoms with Gasteiger partial charge >= 0.3 is 17.7 Å². The number of nitrogens with one attached hydrogen (secondary N) is 6. The van der Waals surface area contributed by atoms with E-state index in [0.29, 0.717) is 59.1 Å². The molecule has 9 fully saturated rings. The minimum atomic E-state index is -3.91. The number of sulfonamides is 2. The van der Waals surface area contributed by atoms with E-state index >= 15 is 0 Å². The van der Waals surface area contributed by atoms with E-state index in [2.05, 4.69) is 44.2 Å². The molecule has 2 saturated heterocycles. The van der Waals surface area contributed by atoms with E-state index < -0.39 is 155 Å². The van der Waals surface area contributed by atoms with Crippen molar-refractivity contribution in [1.82, 2.24) is 60.8 Å². The van der Waals surface area contributed by atoms with Gasteiger partial charge in [0.05, 0.1) is 55.4 Å². The van der Waals surface area contributed by atoms with Crippen molar-refractivity contribution in [3.63, 3.8) is 0 Å². The first-order valence-corrected chi connectivity index (χ1v) is 45.0. The minimum Gasteiger partial charge on any atom is -0.471 e. The number of rotatable bonds is 29. The van der Waals surface area contributed by atoms with Gasteiger partial charge in [-0.1, -0.05) is 76.2 Å². The zero-order chi connectivity index (χ0) is 83.1. The predicted octanol–water partition coefficient (Wildman–Crippen LogP) is 10.3. The highest BCUT2D eigenvalue weighted by Crippen LogP contribution is 2.48. The second-order valence-corrected chi connectivity index (χ2v) is 37.8. The Labute approximate surface area is 690 Å². The lowest BCUT2D eigenvalue weighted by Gasteiger charge is -2.30. The van der Waals surface area contributed by atoms with Crippen molar-refractivity contribution in [1.29, 1.82) is 0 Å². The minimum absolute atomic E-state index is 0.00217. The van der Waals surface area contributed by atoms with Crippen LogP contribution < -0.4 is 40.5 Å². The number of carbonyl (C=O) groups is 9. The standard InChI is InChI=1S/2C37H44N6O9S2.C6H9ClO2/c2*1-4-22-19-37(22,35(46)42-54(48,49)25-15-16-25)40-32(44)28-18-24(50-33-31(29-14-9-17-53-29)38-26-12-7-8-13-27(26)39-33)20-43(28)34(45)30(21(2)3)41-52-36(47)51-23-10-5-6-11-23;7-6(8)9-5-3-1-2-4-5/h2*4,7-9,12-14,17,21-25,28,30,41H,1,5-6,10-11,15-16,18-20H2,2-3H3,(H,40,44)(H,42,46);5H,1-4H2/t2*22-,24-,28+,30+,37-;/m11./s1. The van der Waals surface area contributed by atoms with E-state index in [0.717, 1.165) is 86.8 Å². The second-order valence-electron chi connectivity index (χ2n) is 31.7. The Morgan fingerprint density at radius 3 is 1.15 bits per heavy atom. The lowest BCUT2D eigenvalue weighted by Crippen LogP contribution is -2.58. The molecule has 32 nitrogen and oxygen atoms in total. The Morgan fingerprint density at radius 2 is 0.846 bits per heavy atom. The quantitative estimate of drug-likeness (QED) is 0.00835. The zero-order valence-corrected chi connectivity index (χ0v) is 69.2. The maximum Gasteiger partial charge on any atom is 0.528 e. The van der Waals surface area contributed by atoms with Crippen molar-refractivity contribution in [2.45, 2.75) is 232 Å². The molecule has 0 spiro atoms. The number of hydrogen-bond acceptors (Lipinski definition) is 28. The molecular weight excluding hydrogens is 1610 g/mol. The zero-order valence-electron chi connectivity index (χ0n) is 65.2. The van der Waals surface area contributed by atoms with Gasteiger partial charge in [0.15, 0.2) is 0 Å². The van der Waals surface area contributed by atoms with Crippen LogP contribution in [0.3, 0.4) is 0 Å². The lowest BCUT2D eigenvalue weighted by molar-refractivity contribution is -0.145. The molecular formula is C80H97ClN12O20S4. The number of benzene rings is 2. The Kier molecular flexibility index (Phi) is 26.9. The van der Waals surface area contributed by atoms with Crippen LogP contribution in [0.25, 0.3) is 43.2 Å². The molecule has 6 amide bonds. The van der Waals surface area contributed by atoms with Crippen LogP contribution in [-0.4, -0.2) is 189 Å². The average molecular weight is 1710 g/mol. The molecule has 0 radical (unpaired) electrons. The third-order valence-electron chi connectivity index (χ3n) is 22.4. The summed E-state index contributed by atoms with van der Waals surface area (Å²) in [5.74, 6) is -5.59. The van der Waals surface area contributed by atoms with E-state index in [1.165, 1.54) is 44.6 Å². The Bertz CT molecular complexity index is 4630. The molecule has 0 bridgehead atoms. The van der Waals surface area contributed by atoms with Crippen LogP contribution in [0.5, 0.6) is 11.8 Å². The highest BCUT2D eigenvalue weighted by molar-refractivity contribution is 7.91. The van der Waals surface area contributed by atoms with Gasteiger partial charge in [-0.15, -0.1) is 46.8 Å². The molecule has 117 heavy (non-hydrogen) atoms. The molecule has 2 aromatic carbocycles. The molecule has 10 atom stereocenters. The third-order valence-corrected chi connectivity index (χ3v) is 27.9. The molecule has 9 aliphatic rings. The van der Waals surface area contributed by atoms with Crippen molar-refractivity contribution in [2.24, 2.45) is 23.7 Å².